The number of urea groups is 1. The van der Waals surface area contributed by atoms with E-state index in [-0.39, 0.29) is 36.5 Å². The summed E-state index contributed by atoms with van der Waals surface area (Å²) >= 11 is 0. The van der Waals surface area contributed by atoms with Gasteiger partial charge in [-0.2, -0.15) is 0 Å². The van der Waals surface area contributed by atoms with Crippen LogP contribution in [0.15, 0.2) is 54.6 Å². The Balaban J connectivity index is 1.51. The molecule has 6 heteroatoms. The van der Waals surface area contributed by atoms with Crippen LogP contribution in [-0.2, 0) is 0 Å². The highest BCUT2D eigenvalue weighted by Gasteiger charge is 2.49. The Morgan fingerprint density at radius 2 is 1.84 bits per heavy atom. The molecular formula is C25H30FN3O2. The van der Waals surface area contributed by atoms with Crippen LogP contribution in [0.25, 0.3) is 6.08 Å². The van der Waals surface area contributed by atoms with Crippen molar-refractivity contribution < 1.29 is 14.3 Å². The third-order valence-electron chi connectivity index (χ3n) is 6.43. The molecule has 0 saturated carbocycles. The summed E-state index contributed by atoms with van der Waals surface area (Å²) in [6, 6.07) is 14.4. The Morgan fingerprint density at radius 1 is 1.13 bits per heavy atom. The topological polar surface area (TPSA) is 55.8 Å². The van der Waals surface area contributed by atoms with Crippen LogP contribution in [0.1, 0.15) is 36.8 Å². The molecule has 2 fully saturated rings. The van der Waals surface area contributed by atoms with E-state index >= 15 is 0 Å². The Kier molecular flexibility index (Phi) is 6.68. The van der Waals surface area contributed by atoms with E-state index in [2.05, 4.69) is 40.6 Å². The van der Waals surface area contributed by atoms with Crippen molar-refractivity contribution >= 4 is 17.8 Å². The highest BCUT2D eigenvalue weighted by Crippen LogP contribution is 2.42. The lowest BCUT2D eigenvalue weighted by molar-refractivity contribution is -0.0585. The maximum atomic E-state index is 13.2. The molecule has 2 amide bonds. The monoisotopic (exact) mass is 423 g/mol. The lowest BCUT2D eigenvalue weighted by Gasteiger charge is -2.57. The number of carbonyl (C=O) groups is 1. The highest BCUT2D eigenvalue weighted by molar-refractivity contribution is 5.89. The number of halogens is 1. The third-order valence-corrected chi connectivity index (χ3v) is 6.43. The van der Waals surface area contributed by atoms with Crippen LogP contribution in [0.2, 0.25) is 0 Å². The number of nitrogens with zero attached hydrogens (tertiary/aromatic N) is 2. The number of hydrogen-bond acceptors (Lipinski definition) is 3. The lowest BCUT2D eigenvalue weighted by atomic mass is 9.74. The van der Waals surface area contributed by atoms with E-state index in [0.29, 0.717) is 18.8 Å². The Morgan fingerprint density at radius 3 is 2.52 bits per heavy atom. The second kappa shape index (κ2) is 9.62. The summed E-state index contributed by atoms with van der Waals surface area (Å²) in [4.78, 5) is 17.2. The first-order valence-corrected chi connectivity index (χ1v) is 11.0. The first-order chi connectivity index (χ1) is 15.1. The number of amides is 2. The van der Waals surface area contributed by atoms with Gasteiger partial charge in [0.15, 0.2) is 0 Å². The molecule has 3 atom stereocenters. The molecule has 0 spiro atoms. The molecule has 5 nitrogen and oxygen atoms in total. The fraction of sp³-hybridized carbons (Fsp3) is 0.400. The van der Waals surface area contributed by atoms with Crippen molar-refractivity contribution in [3.05, 3.63) is 71.6 Å². The lowest BCUT2D eigenvalue weighted by Crippen LogP contribution is -2.68. The largest absolute Gasteiger partial charge is 0.395 e. The molecule has 2 N–H and O–H groups in total. The summed E-state index contributed by atoms with van der Waals surface area (Å²) in [5.74, 6) is -0.142. The summed E-state index contributed by atoms with van der Waals surface area (Å²) in [6.07, 6.45) is 5.99. The van der Waals surface area contributed by atoms with E-state index in [1.807, 2.05) is 17.9 Å². The number of allylic oxidation sites excluding steroid dienone is 1. The summed E-state index contributed by atoms with van der Waals surface area (Å²) in [5, 5.41) is 13.0. The molecule has 0 aliphatic carbocycles. The molecule has 2 heterocycles. The van der Waals surface area contributed by atoms with Crippen LogP contribution in [-0.4, -0.2) is 59.3 Å². The van der Waals surface area contributed by atoms with Crippen LogP contribution in [0, 0.1) is 5.82 Å². The number of carbonyl (C=O) groups excluding carboxylic acids is 1. The van der Waals surface area contributed by atoms with Crippen LogP contribution >= 0.6 is 0 Å². The average molecular weight is 424 g/mol. The van der Waals surface area contributed by atoms with Gasteiger partial charge in [0, 0.05) is 36.8 Å². The second-order valence-corrected chi connectivity index (χ2v) is 8.34. The predicted molar refractivity (Wildman–Crippen MR) is 121 cm³/mol. The minimum atomic E-state index is -0.326. The van der Waals surface area contributed by atoms with Gasteiger partial charge in [-0.05, 0) is 61.7 Å². The first-order valence-electron chi connectivity index (χ1n) is 11.0. The first kappa shape index (κ1) is 21.5. The van der Waals surface area contributed by atoms with Crippen LogP contribution in [0.3, 0.4) is 0 Å². The second-order valence-electron chi connectivity index (χ2n) is 8.34. The van der Waals surface area contributed by atoms with Crippen LogP contribution < -0.4 is 5.32 Å². The summed E-state index contributed by atoms with van der Waals surface area (Å²) < 4.78 is 13.2. The maximum Gasteiger partial charge on any atom is 0.321 e. The van der Waals surface area contributed by atoms with E-state index in [1.165, 1.54) is 17.7 Å². The molecule has 0 radical (unpaired) electrons. The smallest absolute Gasteiger partial charge is 0.321 e. The zero-order valence-corrected chi connectivity index (χ0v) is 17.9. The van der Waals surface area contributed by atoms with Gasteiger partial charge in [0.05, 0.1) is 6.61 Å². The number of aliphatic hydroxyl groups is 1. The maximum absolute atomic E-state index is 13.2. The SMILES string of the molecule is CC=Cc1ccc([C@H]2[C@H](CO)N3CCCCN(C(=O)Nc4ccc(F)cc4)C[C@@H]23)cc1. The molecule has 164 valence electrons. The normalized spacial score (nSPS) is 24.2. The standard InChI is InChI=1S/C25H30FN3O2/c1-2-5-18-6-8-19(9-7-18)24-22-16-28(14-3-4-15-29(22)23(24)17-30)25(31)27-21-12-10-20(26)11-13-21/h2,5-13,22-24,30H,3-4,14-17H2,1H3,(H,27,31)/t22-,23-,24+/m0/s1. The number of nitrogens with one attached hydrogen (secondary N) is 1. The quantitative estimate of drug-likeness (QED) is 0.770. The van der Waals surface area contributed by atoms with E-state index in [4.69, 9.17) is 0 Å². The number of anilines is 1. The molecule has 2 aromatic rings. The molecule has 2 aliphatic heterocycles. The minimum absolute atomic E-state index is 0.0812. The third kappa shape index (κ3) is 4.65. The van der Waals surface area contributed by atoms with Crippen molar-refractivity contribution in [2.45, 2.75) is 37.8 Å². The fourth-order valence-electron chi connectivity index (χ4n) is 4.88. The van der Waals surface area contributed by atoms with Crippen molar-refractivity contribution in [1.29, 1.82) is 0 Å². The van der Waals surface area contributed by atoms with E-state index < -0.39 is 0 Å². The van der Waals surface area contributed by atoms with Crippen molar-refractivity contribution in [2.24, 2.45) is 0 Å². The van der Waals surface area contributed by atoms with Gasteiger partial charge in [-0.25, -0.2) is 9.18 Å². The number of benzene rings is 2. The van der Waals surface area contributed by atoms with Crippen molar-refractivity contribution in [3.63, 3.8) is 0 Å². The minimum Gasteiger partial charge on any atom is -0.395 e. The molecule has 2 saturated heterocycles. The van der Waals surface area contributed by atoms with Crippen molar-refractivity contribution in [3.8, 4) is 0 Å². The number of fused-ring (bicyclic) bond motifs is 1. The molecule has 31 heavy (non-hydrogen) atoms. The summed E-state index contributed by atoms with van der Waals surface area (Å²) in [7, 11) is 0. The van der Waals surface area contributed by atoms with Gasteiger partial charge in [-0.3, -0.25) is 4.90 Å². The molecule has 0 bridgehead atoms. The van der Waals surface area contributed by atoms with Gasteiger partial charge in [-0.1, -0.05) is 36.4 Å². The van der Waals surface area contributed by atoms with Crippen LogP contribution in [0.4, 0.5) is 14.9 Å². The zero-order valence-electron chi connectivity index (χ0n) is 17.9. The van der Waals surface area contributed by atoms with E-state index in [0.717, 1.165) is 24.9 Å². The summed E-state index contributed by atoms with van der Waals surface area (Å²) in [6.45, 7) is 4.34. The van der Waals surface area contributed by atoms with Gasteiger partial charge < -0.3 is 15.3 Å². The number of aliphatic hydroxyl groups excluding tert-OH is 1. The molecule has 2 aromatic carbocycles. The summed E-state index contributed by atoms with van der Waals surface area (Å²) in [5.41, 5.74) is 2.94. The Bertz CT molecular complexity index is 913. The van der Waals surface area contributed by atoms with Crippen LogP contribution in [0.5, 0.6) is 0 Å². The highest BCUT2D eigenvalue weighted by atomic mass is 19.1. The number of hydrogen-bond donors (Lipinski definition) is 2. The Labute approximate surface area is 183 Å². The molecule has 0 unspecified atom stereocenters. The van der Waals surface area contributed by atoms with E-state index in [1.54, 1.807) is 12.1 Å². The van der Waals surface area contributed by atoms with E-state index in [9.17, 15) is 14.3 Å². The Hall–Kier alpha value is -2.70. The van der Waals surface area contributed by atoms with Gasteiger partial charge in [0.1, 0.15) is 5.82 Å². The van der Waals surface area contributed by atoms with Crippen molar-refractivity contribution in [2.75, 3.05) is 31.6 Å². The van der Waals surface area contributed by atoms with Gasteiger partial charge >= 0.3 is 6.03 Å². The average Bonchev–Trinajstić information content (AvgIpc) is 2.75. The number of rotatable bonds is 4. The predicted octanol–water partition coefficient (Wildman–Crippen LogP) is 4.32. The molecule has 2 aliphatic rings. The van der Waals surface area contributed by atoms with Crippen molar-refractivity contribution in [1.82, 2.24) is 9.80 Å². The molecular weight excluding hydrogens is 393 g/mol. The molecule has 4 rings (SSSR count). The van der Waals surface area contributed by atoms with Gasteiger partial charge in [0.2, 0.25) is 0 Å². The van der Waals surface area contributed by atoms with Gasteiger partial charge in [-0.15, -0.1) is 0 Å². The molecule has 0 aromatic heterocycles. The zero-order chi connectivity index (χ0) is 21.8. The van der Waals surface area contributed by atoms with Gasteiger partial charge in [0.25, 0.3) is 0 Å². The fourth-order valence-corrected chi connectivity index (χ4v) is 4.88.